The first-order valence-corrected chi connectivity index (χ1v) is 7.31. The third-order valence-corrected chi connectivity index (χ3v) is 3.75. The quantitative estimate of drug-likeness (QED) is 0.795. The normalized spacial score (nSPS) is 19.3. The molecule has 0 aliphatic carbocycles. The van der Waals surface area contributed by atoms with Gasteiger partial charge < -0.3 is 10.1 Å². The van der Waals surface area contributed by atoms with E-state index in [2.05, 4.69) is 37.4 Å². The summed E-state index contributed by atoms with van der Waals surface area (Å²) in [5.74, 6) is 1.07. The molecule has 1 heterocycles. The lowest BCUT2D eigenvalue weighted by molar-refractivity contribution is 0.218. The topological polar surface area (TPSA) is 21.3 Å². The van der Waals surface area contributed by atoms with E-state index in [0.717, 1.165) is 18.7 Å². The van der Waals surface area contributed by atoms with Gasteiger partial charge in [-0.3, -0.25) is 0 Å². The van der Waals surface area contributed by atoms with Gasteiger partial charge in [0.1, 0.15) is 11.9 Å². The third kappa shape index (κ3) is 3.49. The first-order valence-electron chi connectivity index (χ1n) is 7.31. The van der Waals surface area contributed by atoms with Crippen LogP contribution in [0.2, 0.25) is 0 Å². The van der Waals surface area contributed by atoms with E-state index in [9.17, 15) is 0 Å². The number of ether oxygens (including phenoxy) is 1. The highest BCUT2D eigenvalue weighted by atomic mass is 16.5. The summed E-state index contributed by atoms with van der Waals surface area (Å²) in [5, 5.41) is 3.66. The van der Waals surface area contributed by atoms with Crippen LogP contribution < -0.4 is 10.1 Å². The molecule has 0 fully saturated rings. The summed E-state index contributed by atoms with van der Waals surface area (Å²) < 4.78 is 5.94. The van der Waals surface area contributed by atoms with Crippen molar-refractivity contribution in [1.29, 1.82) is 0 Å². The van der Waals surface area contributed by atoms with Gasteiger partial charge in [0.05, 0.1) is 0 Å². The smallest absolute Gasteiger partial charge is 0.123 e. The van der Waals surface area contributed by atoms with Gasteiger partial charge in [0.15, 0.2) is 0 Å². The summed E-state index contributed by atoms with van der Waals surface area (Å²) in [7, 11) is 0. The van der Waals surface area contributed by atoms with Crippen molar-refractivity contribution in [3.05, 3.63) is 29.8 Å². The molecule has 2 nitrogen and oxygen atoms in total. The lowest BCUT2D eigenvalue weighted by Crippen LogP contribution is -2.37. The zero-order valence-electron chi connectivity index (χ0n) is 11.6. The Kier molecular flexibility index (Phi) is 5.06. The van der Waals surface area contributed by atoms with Gasteiger partial charge in [-0.25, -0.2) is 0 Å². The molecule has 0 saturated heterocycles. The van der Waals surface area contributed by atoms with Crippen molar-refractivity contribution in [2.24, 2.45) is 0 Å². The number of hydrogen-bond donors (Lipinski definition) is 1. The van der Waals surface area contributed by atoms with Crippen molar-refractivity contribution in [1.82, 2.24) is 5.32 Å². The fourth-order valence-corrected chi connectivity index (χ4v) is 2.57. The lowest BCUT2D eigenvalue weighted by atomic mass is 10.1. The second-order valence-corrected chi connectivity index (χ2v) is 5.21. The Labute approximate surface area is 111 Å². The minimum absolute atomic E-state index is 0.318. The molecule has 1 N–H and O–H groups in total. The molecule has 1 aliphatic rings. The first-order chi connectivity index (χ1) is 8.83. The number of unbranched alkanes of at least 4 members (excludes halogenated alkanes) is 1. The minimum Gasteiger partial charge on any atom is -0.488 e. The van der Waals surface area contributed by atoms with Crippen LogP contribution in [0.15, 0.2) is 24.3 Å². The van der Waals surface area contributed by atoms with Gasteiger partial charge in [0.2, 0.25) is 0 Å². The zero-order valence-corrected chi connectivity index (χ0v) is 11.6. The molecule has 0 aromatic heterocycles. The van der Waals surface area contributed by atoms with Crippen LogP contribution in [-0.4, -0.2) is 18.7 Å². The summed E-state index contributed by atoms with van der Waals surface area (Å²) in [6.45, 7) is 5.48. The van der Waals surface area contributed by atoms with E-state index in [-0.39, 0.29) is 0 Å². The molecular weight excluding hydrogens is 222 g/mol. The van der Waals surface area contributed by atoms with Gasteiger partial charge in [-0.15, -0.1) is 0 Å². The van der Waals surface area contributed by atoms with E-state index in [1.807, 2.05) is 6.07 Å². The van der Waals surface area contributed by atoms with E-state index >= 15 is 0 Å². The number of nitrogens with one attached hydrogen (secondary N) is 1. The monoisotopic (exact) mass is 247 g/mol. The second-order valence-electron chi connectivity index (χ2n) is 5.21. The highest BCUT2D eigenvalue weighted by Gasteiger charge is 2.22. The molecule has 2 atom stereocenters. The lowest BCUT2D eigenvalue weighted by Gasteiger charge is -2.19. The van der Waals surface area contributed by atoms with Crippen LogP contribution in [0.25, 0.3) is 0 Å². The average Bonchev–Trinajstić information content (AvgIpc) is 2.81. The molecule has 2 rings (SSSR count). The van der Waals surface area contributed by atoms with Gasteiger partial charge in [0.25, 0.3) is 0 Å². The van der Waals surface area contributed by atoms with Crippen molar-refractivity contribution < 1.29 is 4.74 Å². The molecule has 0 radical (unpaired) electrons. The molecule has 1 aromatic carbocycles. The van der Waals surface area contributed by atoms with E-state index in [0.29, 0.717) is 12.1 Å². The van der Waals surface area contributed by atoms with Gasteiger partial charge in [0, 0.05) is 19.0 Å². The van der Waals surface area contributed by atoms with Crippen LogP contribution in [0.1, 0.15) is 45.1 Å². The molecule has 2 unspecified atom stereocenters. The van der Waals surface area contributed by atoms with E-state index in [1.54, 1.807) is 0 Å². The Morgan fingerprint density at radius 2 is 2.17 bits per heavy atom. The van der Waals surface area contributed by atoms with Crippen LogP contribution in [0.4, 0.5) is 0 Å². The van der Waals surface area contributed by atoms with Crippen molar-refractivity contribution in [2.75, 3.05) is 6.54 Å². The predicted octanol–water partition coefficient (Wildman–Crippen LogP) is 3.55. The Hall–Kier alpha value is -1.02. The highest BCUT2D eigenvalue weighted by molar-refractivity contribution is 5.37. The molecule has 1 aliphatic heterocycles. The van der Waals surface area contributed by atoms with Gasteiger partial charge in [-0.2, -0.15) is 0 Å². The number of fused-ring (bicyclic) bond motifs is 1. The maximum atomic E-state index is 5.94. The van der Waals surface area contributed by atoms with Crippen molar-refractivity contribution in [3.8, 4) is 5.75 Å². The van der Waals surface area contributed by atoms with Gasteiger partial charge in [-0.1, -0.05) is 44.9 Å². The molecule has 0 spiro atoms. The van der Waals surface area contributed by atoms with Gasteiger partial charge in [-0.05, 0) is 24.5 Å². The Balaban J connectivity index is 1.75. The summed E-state index contributed by atoms with van der Waals surface area (Å²) >= 11 is 0. The maximum absolute atomic E-state index is 5.94. The second kappa shape index (κ2) is 6.79. The molecule has 18 heavy (non-hydrogen) atoms. The predicted molar refractivity (Wildman–Crippen MR) is 76.2 cm³/mol. The van der Waals surface area contributed by atoms with E-state index < -0.39 is 0 Å². The molecule has 0 saturated carbocycles. The maximum Gasteiger partial charge on any atom is 0.123 e. The molecule has 0 bridgehead atoms. The van der Waals surface area contributed by atoms with E-state index in [4.69, 9.17) is 4.74 Å². The minimum atomic E-state index is 0.318. The van der Waals surface area contributed by atoms with Gasteiger partial charge >= 0.3 is 0 Å². The zero-order chi connectivity index (χ0) is 12.8. The molecular formula is C16H25NO. The Morgan fingerprint density at radius 3 is 2.89 bits per heavy atom. The molecule has 2 heteroatoms. The fraction of sp³-hybridized carbons (Fsp3) is 0.625. The van der Waals surface area contributed by atoms with Crippen molar-refractivity contribution >= 4 is 0 Å². The van der Waals surface area contributed by atoms with E-state index in [1.165, 1.54) is 31.2 Å². The number of para-hydroxylation sites is 1. The van der Waals surface area contributed by atoms with Crippen LogP contribution in [0.5, 0.6) is 5.75 Å². The van der Waals surface area contributed by atoms with Crippen LogP contribution in [-0.2, 0) is 6.42 Å². The summed E-state index contributed by atoms with van der Waals surface area (Å²) in [6.07, 6.45) is 6.46. The Morgan fingerprint density at radius 1 is 1.33 bits per heavy atom. The number of hydrogen-bond acceptors (Lipinski definition) is 2. The summed E-state index contributed by atoms with van der Waals surface area (Å²) in [4.78, 5) is 0. The van der Waals surface area contributed by atoms with Crippen molar-refractivity contribution in [2.45, 2.75) is 58.1 Å². The molecule has 0 amide bonds. The molecule has 100 valence electrons. The average molecular weight is 247 g/mol. The number of benzene rings is 1. The third-order valence-electron chi connectivity index (χ3n) is 3.75. The highest BCUT2D eigenvalue weighted by Crippen LogP contribution is 2.27. The summed E-state index contributed by atoms with van der Waals surface area (Å²) in [6, 6.07) is 9.03. The summed E-state index contributed by atoms with van der Waals surface area (Å²) in [5.41, 5.74) is 1.35. The van der Waals surface area contributed by atoms with Crippen LogP contribution in [0.3, 0.4) is 0 Å². The number of rotatable bonds is 7. The molecule has 1 aromatic rings. The van der Waals surface area contributed by atoms with Crippen molar-refractivity contribution in [3.63, 3.8) is 0 Å². The fourth-order valence-electron chi connectivity index (χ4n) is 2.57. The van der Waals surface area contributed by atoms with Crippen LogP contribution in [0, 0.1) is 0 Å². The first kappa shape index (κ1) is 13.4. The SMILES string of the molecule is CCCCC(CC)NCC1Cc2ccccc2O1. The largest absolute Gasteiger partial charge is 0.488 e. The van der Waals surface area contributed by atoms with Crippen LogP contribution >= 0.6 is 0 Å². The standard InChI is InChI=1S/C16H25NO/c1-3-5-9-14(4-2)17-12-15-11-13-8-6-7-10-16(13)18-15/h6-8,10,14-15,17H,3-5,9,11-12H2,1-2H3. The Bertz CT molecular complexity index is 339.